The molecular weight excluding hydrogens is 222 g/mol. The highest BCUT2D eigenvalue weighted by Gasteiger charge is 2.15. The molecule has 0 aliphatic carbocycles. The molecule has 0 heterocycles. The molecule has 0 aliphatic heterocycles. The standard InChI is InChI=1S/C10H13N5O2/c1-2-12-14(10(11)13-15(16)17)8-9-6-4-3-5-7-9/h2-7H,8H2,1H3,(H2,11,13)/p+1/b12-2+. The number of benzene rings is 1. The molecule has 0 amide bonds. The van der Waals surface area contributed by atoms with E-state index in [9.17, 15) is 10.1 Å². The lowest BCUT2D eigenvalue weighted by molar-refractivity contribution is -0.620. The van der Waals surface area contributed by atoms with Crippen LogP contribution in [0.1, 0.15) is 12.5 Å². The molecule has 3 N–H and O–H groups in total. The van der Waals surface area contributed by atoms with Crippen LogP contribution in [0.25, 0.3) is 0 Å². The summed E-state index contributed by atoms with van der Waals surface area (Å²) in [5.41, 5.74) is 6.47. The van der Waals surface area contributed by atoms with Crippen molar-refractivity contribution in [1.82, 2.24) is 5.01 Å². The zero-order valence-corrected chi connectivity index (χ0v) is 9.41. The van der Waals surface area contributed by atoms with Crippen molar-refractivity contribution < 1.29 is 10.1 Å². The molecule has 7 nitrogen and oxygen atoms in total. The minimum Gasteiger partial charge on any atom is -0.360 e. The second kappa shape index (κ2) is 6.21. The van der Waals surface area contributed by atoms with Gasteiger partial charge in [0.2, 0.25) is 0 Å². The van der Waals surface area contributed by atoms with Crippen molar-refractivity contribution >= 4 is 12.2 Å². The molecule has 0 saturated carbocycles. The Balaban J connectivity index is 2.84. The third kappa shape index (κ3) is 4.29. The summed E-state index contributed by atoms with van der Waals surface area (Å²) in [6.45, 7) is 2.13. The van der Waals surface area contributed by atoms with Gasteiger partial charge < -0.3 is 5.73 Å². The van der Waals surface area contributed by atoms with Crippen molar-refractivity contribution in [1.29, 1.82) is 0 Å². The van der Waals surface area contributed by atoms with Crippen LogP contribution < -0.4 is 10.8 Å². The number of nitrogens with two attached hydrogens (primary N) is 1. The van der Waals surface area contributed by atoms with Crippen molar-refractivity contribution in [3.63, 3.8) is 0 Å². The predicted molar refractivity (Wildman–Crippen MR) is 63.3 cm³/mol. The van der Waals surface area contributed by atoms with Crippen molar-refractivity contribution in [2.45, 2.75) is 13.5 Å². The van der Waals surface area contributed by atoms with E-state index in [2.05, 4.69) is 10.2 Å². The van der Waals surface area contributed by atoms with Gasteiger partial charge in [-0.1, -0.05) is 30.3 Å². The van der Waals surface area contributed by atoms with Crippen LogP contribution >= 0.6 is 0 Å². The number of rotatable bonds is 4. The summed E-state index contributed by atoms with van der Waals surface area (Å²) in [6, 6.07) is 9.43. The van der Waals surface area contributed by atoms with Crippen molar-refractivity contribution in [2.75, 3.05) is 0 Å². The summed E-state index contributed by atoms with van der Waals surface area (Å²) >= 11 is 0. The predicted octanol–water partition coefficient (Wildman–Crippen LogP) is -0.919. The van der Waals surface area contributed by atoms with Crippen molar-refractivity contribution in [3.8, 4) is 0 Å². The first kappa shape index (κ1) is 12.6. The van der Waals surface area contributed by atoms with E-state index >= 15 is 0 Å². The molecular formula is C10H14N5O2+. The lowest BCUT2D eigenvalue weighted by atomic mass is 10.2. The number of hydrazine groups is 1. The van der Waals surface area contributed by atoms with Gasteiger partial charge >= 0.3 is 5.96 Å². The third-order valence-electron chi connectivity index (χ3n) is 1.93. The highest BCUT2D eigenvalue weighted by molar-refractivity contribution is 5.76. The normalized spacial score (nSPS) is 11.7. The zero-order valence-electron chi connectivity index (χ0n) is 9.41. The van der Waals surface area contributed by atoms with Gasteiger partial charge in [-0.25, -0.2) is 10.1 Å². The molecule has 1 aromatic rings. The lowest BCUT2D eigenvalue weighted by Crippen LogP contribution is -2.83. The fourth-order valence-electron chi connectivity index (χ4n) is 1.25. The van der Waals surface area contributed by atoms with Gasteiger partial charge in [0.1, 0.15) is 11.6 Å². The lowest BCUT2D eigenvalue weighted by Gasteiger charge is -2.09. The number of guanidine groups is 1. The Bertz CT molecular complexity index is 430. The molecule has 0 aliphatic rings. The van der Waals surface area contributed by atoms with Gasteiger partial charge in [-0.3, -0.25) is 0 Å². The molecule has 1 rings (SSSR count). The van der Waals surface area contributed by atoms with Crippen molar-refractivity contribution in [2.24, 2.45) is 10.8 Å². The molecule has 0 unspecified atom stereocenters. The van der Waals surface area contributed by atoms with E-state index in [4.69, 9.17) is 5.73 Å². The molecule has 17 heavy (non-hydrogen) atoms. The molecule has 90 valence electrons. The maximum atomic E-state index is 10.2. The van der Waals surface area contributed by atoms with E-state index < -0.39 is 5.03 Å². The van der Waals surface area contributed by atoms with Gasteiger partial charge in [-0.05, 0) is 5.56 Å². The summed E-state index contributed by atoms with van der Waals surface area (Å²) in [7, 11) is 0. The number of nitro groups is 1. The number of hydrogen-bond acceptors (Lipinski definition) is 2. The smallest absolute Gasteiger partial charge is 0.324 e. The van der Waals surface area contributed by atoms with E-state index in [1.807, 2.05) is 30.3 Å². The summed E-state index contributed by atoms with van der Waals surface area (Å²) < 4.78 is 0. The minimum atomic E-state index is -0.829. The molecule has 0 aromatic heterocycles. The van der Waals surface area contributed by atoms with Crippen LogP contribution in [0.15, 0.2) is 35.4 Å². The Kier molecular flexibility index (Phi) is 4.61. The Morgan fingerprint density at radius 1 is 1.59 bits per heavy atom. The first-order chi connectivity index (χ1) is 8.13. The van der Waals surface area contributed by atoms with Gasteiger partial charge in [-0.2, -0.15) is 0 Å². The Labute approximate surface area is 98.4 Å². The van der Waals surface area contributed by atoms with Crippen molar-refractivity contribution in [3.05, 3.63) is 46.0 Å². The largest absolute Gasteiger partial charge is 0.360 e. The molecule has 7 heteroatoms. The highest BCUT2D eigenvalue weighted by atomic mass is 16.7. The average molecular weight is 236 g/mol. The monoisotopic (exact) mass is 236 g/mol. The Morgan fingerprint density at radius 3 is 2.76 bits per heavy atom. The van der Waals surface area contributed by atoms with E-state index in [1.54, 1.807) is 13.1 Å². The summed E-state index contributed by atoms with van der Waals surface area (Å²) in [6.07, 6.45) is 1.62. The van der Waals surface area contributed by atoms with Crippen LogP contribution in [0.3, 0.4) is 0 Å². The van der Waals surface area contributed by atoms with Crippen LogP contribution in [0.2, 0.25) is 0 Å². The highest BCUT2D eigenvalue weighted by Crippen LogP contribution is 2.00. The van der Waals surface area contributed by atoms with E-state index in [0.29, 0.717) is 6.54 Å². The molecule has 0 bridgehead atoms. The maximum absolute atomic E-state index is 10.2. The Hall–Kier alpha value is -2.44. The summed E-state index contributed by atoms with van der Waals surface area (Å²) in [5.74, 6) is -0.197. The molecule has 0 atom stereocenters. The van der Waals surface area contributed by atoms with Gasteiger partial charge in [0, 0.05) is 6.92 Å². The van der Waals surface area contributed by atoms with Gasteiger partial charge in [-0.15, -0.1) is 10.1 Å². The molecule has 0 fully saturated rings. The fraction of sp³-hybridized carbons (Fsp3) is 0.200. The van der Waals surface area contributed by atoms with Crippen LogP contribution in [-0.4, -0.2) is 22.2 Å². The van der Waals surface area contributed by atoms with Gasteiger partial charge in [0.25, 0.3) is 0 Å². The number of nitrogens with one attached hydrogen (secondary N) is 1. The van der Waals surface area contributed by atoms with E-state index in [1.165, 1.54) is 5.01 Å². The van der Waals surface area contributed by atoms with Crippen LogP contribution in [0.4, 0.5) is 0 Å². The van der Waals surface area contributed by atoms with E-state index in [0.717, 1.165) is 5.56 Å². The third-order valence-corrected chi connectivity index (χ3v) is 1.93. The fourth-order valence-corrected chi connectivity index (χ4v) is 1.25. The molecule has 0 spiro atoms. The SMILES string of the molecule is C/C=[NH+]/N(Cc1ccccc1)/C(N)=N/[N+](=O)[O-]. The Morgan fingerprint density at radius 2 is 2.24 bits per heavy atom. The first-order valence-corrected chi connectivity index (χ1v) is 4.97. The van der Waals surface area contributed by atoms with Crippen LogP contribution in [0, 0.1) is 10.1 Å². The minimum absolute atomic E-state index is 0.197. The second-order valence-electron chi connectivity index (χ2n) is 3.19. The van der Waals surface area contributed by atoms with E-state index in [-0.39, 0.29) is 5.96 Å². The van der Waals surface area contributed by atoms with Crippen LogP contribution in [0.5, 0.6) is 0 Å². The zero-order chi connectivity index (χ0) is 12.7. The maximum Gasteiger partial charge on any atom is 0.324 e. The number of hydrogen-bond donors (Lipinski definition) is 2. The number of nitrogens with zero attached hydrogens (tertiary/aromatic N) is 3. The quantitative estimate of drug-likeness (QED) is 0.306. The second-order valence-corrected chi connectivity index (χ2v) is 3.19. The first-order valence-electron chi connectivity index (χ1n) is 4.97. The summed E-state index contributed by atoms with van der Waals surface area (Å²) in [4.78, 5) is 10.2. The molecule has 1 aromatic carbocycles. The average Bonchev–Trinajstić information content (AvgIpc) is 2.29. The topological polar surface area (TPSA) is 98.7 Å². The number of hydrazone groups is 2. The molecule has 0 saturated heterocycles. The van der Waals surface area contributed by atoms with Gasteiger partial charge in [0.05, 0.1) is 0 Å². The van der Waals surface area contributed by atoms with Gasteiger partial charge in [0.15, 0.2) is 11.2 Å². The van der Waals surface area contributed by atoms with Crippen LogP contribution in [-0.2, 0) is 6.54 Å². The summed E-state index contributed by atoms with van der Waals surface area (Å²) in [5, 5.41) is 16.6. The molecule has 0 radical (unpaired) electrons.